The molecule has 150 valence electrons. The van der Waals surface area contributed by atoms with E-state index in [1.807, 2.05) is 30.3 Å². The molecule has 1 saturated heterocycles. The summed E-state index contributed by atoms with van der Waals surface area (Å²) in [4.78, 5) is 14.7. The first-order chi connectivity index (χ1) is 13.4. The van der Waals surface area contributed by atoms with Crippen molar-refractivity contribution in [1.29, 1.82) is 0 Å². The first kappa shape index (κ1) is 20.4. The number of rotatable bonds is 5. The molecule has 7 heteroatoms. The Balaban J connectivity index is 1.97. The molecule has 1 heterocycles. The van der Waals surface area contributed by atoms with Crippen LogP contribution in [0.5, 0.6) is 5.75 Å². The van der Waals surface area contributed by atoms with Gasteiger partial charge in [0.25, 0.3) is 5.91 Å². The molecule has 6 nitrogen and oxygen atoms in total. The van der Waals surface area contributed by atoms with Gasteiger partial charge in [-0.2, -0.15) is 4.31 Å². The van der Waals surface area contributed by atoms with E-state index in [0.29, 0.717) is 18.8 Å². The number of ether oxygens (including phenoxy) is 1. The lowest BCUT2D eigenvalue weighted by molar-refractivity contribution is 0.0990. The third-order valence-corrected chi connectivity index (χ3v) is 6.95. The fourth-order valence-electron chi connectivity index (χ4n) is 3.40. The standard InChI is InChI=1S/C21H26N2O4S/c1-22(17-10-6-5-7-11-17)21(24)19-16-18(12-13-20(19)27-2)28(25,26)23-14-8-3-4-9-15-23/h5-7,10-13,16H,3-4,8-9,14-15H2,1-2H3. The van der Waals surface area contributed by atoms with E-state index < -0.39 is 10.0 Å². The number of amides is 1. The highest BCUT2D eigenvalue weighted by atomic mass is 32.2. The summed E-state index contributed by atoms with van der Waals surface area (Å²) < 4.78 is 33.1. The number of carbonyl (C=O) groups excluding carboxylic acids is 1. The van der Waals surface area contributed by atoms with Crippen LogP contribution in [0.1, 0.15) is 36.0 Å². The van der Waals surface area contributed by atoms with Crippen LogP contribution in [-0.4, -0.2) is 45.9 Å². The van der Waals surface area contributed by atoms with Crippen LogP contribution in [0.25, 0.3) is 0 Å². The maximum atomic E-state index is 13.1. The molecule has 0 N–H and O–H groups in total. The number of sulfonamides is 1. The minimum Gasteiger partial charge on any atom is -0.496 e. The monoisotopic (exact) mass is 402 g/mol. The SMILES string of the molecule is COc1ccc(S(=O)(=O)N2CCCCCC2)cc1C(=O)N(C)c1ccccc1. The second-order valence-corrected chi connectivity index (χ2v) is 8.82. The molecule has 0 unspecified atom stereocenters. The number of hydrogen-bond donors (Lipinski definition) is 0. The van der Waals surface area contributed by atoms with E-state index >= 15 is 0 Å². The Morgan fingerprint density at radius 2 is 1.64 bits per heavy atom. The summed E-state index contributed by atoms with van der Waals surface area (Å²) >= 11 is 0. The average molecular weight is 403 g/mol. The fourth-order valence-corrected chi connectivity index (χ4v) is 4.94. The van der Waals surface area contributed by atoms with Gasteiger partial charge in [0.2, 0.25) is 10.0 Å². The average Bonchev–Trinajstić information content (AvgIpc) is 3.03. The van der Waals surface area contributed by atoms with Crippen molar-refractivity contribution in [1.82, 2.24) is 4.31 Å². The van der Waals surface area contributed by atoms with Crippen LogP contribution in [0.4, 0.5) is 5.69 Å². The third-order valence-electron chi connectivity index (χ3n) is 5.05. The Kier molecular flexibility index (Phi) is 6.36. The van der Waals surface area contributed by atoms with E-state index in [1.54, 1.807) is 13.1 Å². The van der Waals surface area contributed by atoms with Gasteiger partial charge in [0.15, 0.2) is 0 Å². The van der Waals surface area contributed by atoms with Gasteiger partial charge in [-0.1, -0.05) is 31.0 Å². The van der Waals surface area contributed by atoms with Crippen LogP contribution >= 0.6 is 0 Å². The van der Waals surface area contributed by atoms with Gasteiger partial charge in [-0.15, -0.1) is 0 Å². The van der Waals surface area contributed by atoms with Crippen LogP contribution in [0, 0.1) is 0 Å². The Labute approximate surface area is 166 Å². The van der Waals surface area contributed by atoms with Crippen LogP contribution in [0.15, 0.2) is 53.4 Å². The maximum Gasteiger partial charge on any atom is 0.261 e. The zero-order chi connectivity index (χ0) is 20.1. The molecular weight excluding hydrogens is 376 g/mol. The van der Waals surface area contributed by atoms with E-state index in [-0.39, 0.29) is 16.4 Å². The zero-order valence-electron chi connectivity index (χ0n) is 16.3. The fraction of sp³-hybridized carbons (Fsp3) is 0.381. The smallest absolute Gasteiger partial charge is 0.261 e. The predicted molar refractivity (Wildman–Crippen MR) is 109 cm³/mol. The van der Waals surface area contributed by atoms with E-state index in [2.05, 4.69) is 0 Å². The Hall–Kier alpha value is -2.38. The number of anilines is 1. The largest absolute Gasteiger partial charge is 0.496 e. The summed E-state index contributed by atoms with van der Waals surface area (Å²) in [5.41, 5.74) is 0.945. The molecule has 0 radical (unpaired) electrons. The summed E-state index contributed by atoms with van der Waals surface area (Å²) in [7, 11) is -0.520. The van der Waals surface area contributed by atoms with Crippen molar-refractivity contribution in [3.8, 4) is 5.75 Å². The molecule has 1 aliphatic heterocycles. The number of hydrogen-bond acceptors (Lipinski definition) is 4. The highest BCUT2D eigenvalue weighted by Crippen LogP contribution is 2.28. The van der Waals surface area contributed by atoms with E-state index in [1.165, 1.54) is 28.4 Å². The molecule has 1 aliphatic rings. The summed E-state index contributed by atoms with van der Waals surface area (Å²) in [6.07, 6.45) is 3.80. The van der Waals surface area contributed by atoms with Crippen molar-refractivity contribution in [2.45, 2.75) is 30.6 Å². The van der Waals surface area contributed by atoms with E-state index in [0.717, 1.165) is 31.4 Å². The van der Waals surface area contributed by atoms with Crippen LogP contribution in [0.3, 0.4) is 0 Å². The molecule has 0 atom stereocenters. The van der Waals surface area contributed by atoms with Crippen molar-refractivity contribution in [3.05, 3.63) is 54.1 Å². The van der Waals surface area contributed by atoms with Crippen molar-refractivity contribution in [3.63, 3.8) is 0 Å². The highest BCUT2D eigenvalue weighted by Gasteiger charge is 2.28. The normalized spacial score (nSPS) is 15.6. The third kappa shape index (κ3) is 4.20. The number of methoxy groups -OCH3 is 1. The molecule has 2 aromatic rings. The summed E-state index contributed by atoms with van der Waals surface area (Å²) in [5.74, 6) is 0.0264. The highest BCUT2D eigenvalue weighted by molar-refractivity contribution is 7.89. The molecule has 0 aliphatic carbocycles. The Morgan fingerprint density at radius 3 is 2.25 bits per heavy atom. The number of nitrogens with zero attached hydrogens (tertiary/aromatic N) is 2. The predicted octanol–water partition coefficient (Wildman–Crippen LogP) is 3.54. The maximum absolute atomic E-state index is 13.1. The van der Waals surface area contributed by atoms with Gasteiger partial charge in [0.05, 0.1) is 17.6 Å². The van der Waals surface area contributed by atoms with Crippen molar-refractivity contribution < 1.29 is 17.9 Å². The van der Waals surface area contributed by atoms with Crippen molar-refractivity contribution in [2.24, 2.45) is 0 Å². The zero-order valence-corrected chi connectivity index (χ0v) is 17.1. The number of carbonyl (C=O) groups is 1. The molecule has 3 rings (SSSR count). The van der Waals surface area contributed by atoms with Gasteiger partial charge in [0.1, 0.15) is 5.75 Å². The topological polar surface area (TPSA) is 66.9 Å². The van der Waals surface area contributed by atoms with Gasteiger partial charge in [0, 0.05) is 25.8 Å². The molecule has 28 heavy (non-hydrogen) atoms. The number of para-hydroxylation sites is 1. The van der Waals surface area contributed by atoms with Gasteiger partial charge in [-0.25, -0.2) is 8.42 Å². The second-order valence-electron chi connectivity index (χ2n) is 6.88. The van der Waals surface area contributed by atoms with Crippen LogP contribution in [-0.2, 0) is 10.0 Å². The van der Waals surface area contributed by atoms with Crippen molar-refractivity contribution >= 4 is 21.6 Å². The molecule has 1 fully saturated rings. The van der Waals surface area contributed by atoms with Gasteiger partial charge < -0.3 is 9.64 Å². The first-order valence-electron chi connectivity index (χ1n) is 9.46. The first-order valence-corrected chi connectivity index (χ1v) is 10.9. The van der Waals surface area contributed by atoms with Gasteiger partial charge in [-0.05, 0) is 43.2 Å². The molecule has 0 spiro atoms. The van der Waals surface area contributed by atoms with Crippen molar-refractivity contribution in [2.75, 3.05) is 32.1 Å². The van der Waals surface area contributed by atoms with E-state index in [9.17, 15) is 13.2 Å². The summed E-state index contributed by atoms with van der Waals surface area (Å²) in [6.45, 7) is 1.03. The lowest BCUT2D eigenvalue weighted by Crippen LogP contribution is -2.32. The van der Waals surface area contributed by atoms with Gasteiger partial charge >= 0.3 is 0 Å². The Morgan fingerprint density at radius 1 is 1.00 bits per heavy atom. The van der Waals surface area contributed by atoms with Gasteiger partial charge in [-0.3, -0.25) is 4.79 Å². The van der Waals surface area contributed by atoms with Crippen LogP contribution < -0.4 is 9.64 Å². The van der Waals surface area contributed by atoms with Crippen LogP contribution in [0.2, 0.25) is 0 Å². The molecule has 0 aromatic heterocycles. The second kappa shape index (κ2) is 8.75. The molecular formula is C21H26N2O4S. The summed E-state index contributed by atoms with van der Waals surface area (Å²) in [5, 5.41) is 0. The Bertz CT molecular complexity index is 921. The molecule has 1 amide bonds. The number of benzene rings is 2. The summed E-state index contributed by atoms with van der Waals surface area (Å²) in [6, 6.07) is 13.7. The minimum atomic E-state index is -3.65. The molecule has 0 saturated carbocycles. The van der Waals surface area contributed by atoms with E-state index in [4.69, 9.17) is 4.74 Å². The lowest BCUT2D eigenvalue weighted by atomic mass is 10.1. The lowest BCUT2D eigenvalue weighted by Gasteiger charge is -2.22. The quantitative estimate of drug-likeness (QED) is 0.767. The molecule has 0 bridgehead atoms. The molecule has 2 aromatic carbocycles. The minimum absolute atomic E-state index is 0.125.